The Labute approximate surface area is 256 Å². The number of allylic oxidation sites excluding steroid dienone is 3. The summed E-state index contributed by atoms with van der Waals surface area (Å²) in [7, 11) is -4.38. The van der Waals surface area contributed by atoms with Crippen LogP contribution < -0.4 is 11.1 Å². The van der Waals surface area contributed by atoms with Crippen molar-refractivity contribution in [3.05, 3.63) is 24.3 Å². The Bertz CT molecular complexity index is 736. The Morgan fingerprint density at radius 3 is 1.98 bits per heavy atom. The number of amides is 1. The molecule has 4 unspecified atom stereocenters. The zero-order valence-electron chi connectivity index (χ0n) is 26.6. The molecule has 0 spiro atoms. The monoisotopic (exact) mass is 618 g/mol. The molecular weight excluding hydrogens is 555 g/mol. The Morgan fingerprint density at radius 2 is 1.36 bits per heavy atom. The number of aliphatic hydroxyl groups excluding tert-OH is 2. The van der Waals surface area contributed by atoms with Gasteiger partial charge in [-0.1, -0.05) is 115 Å². The third-order valence-corrected chi connectivity index (χ3v) is 8.06. The van der Waals surface area contributed by atoms with Crippen molar-refractivity contribution in [1.82, 2.24) is 5.32 Å². The van der Waals surface area contributed by atoms with Crippen LogP contribution in [0.5, 0.6) is 0 Å². The van der Waals surface area contributed by atoms with Gasteiger partial charge in [-0.25, -0.2) is 4.57 Å². The summed E-state index contributed by atoms with van der Waals surface area (Å²) < 4.78 is 21.9. The minimum atomic E-state index is -4.38. The second kappa shape index (κ2) is 28.7. The molecule has 0 aliphatic carbocycles. The molecule has 0 aromatic carbocycles. The summed E-state index contributed by atoms with van der Waals surface area (Å²) in [4.78, 5) is 22.5. The molecule has 4 atom stereocenters. The topological polar surface area (TPSA) is 151 Å². The van der Waals surface area contributed by atoms with Crippen molar-refractivity contribution in [1.29, 1.82) is 0 Å². The number of hydrogen-bond donors (Lipinski definition) is 5. The van der Waals surface area contributed by atoms with Crippen molar-refractivity contribution < 1.29 is 33.5 Å². The largest absolute Gasteiger partial charge is 0.472 e. The molecule has 9 nitrogen and oxygen atoms in total. The number of rotatable bonds is 30. The second-order valence-corrected chi connectivity index (χ2v) is 12.7. The molecule has 0 saturated carbocycles. The van der Waals surface area contributed by atoms with E-state index in [1.54, 1.807) is 6.08 Å². The summed E-state index contributed by atoms with van der Waals surface area (Å²) in [6.45, 7) is 3.85. The predicted octanol–water partition coefficient (Wildman–Crippen LogP) is 6.85. The van der Waals surface area contributed by atoms with Gasteiger partial charge in [-0.2, -0.15) is 0 Å². The van der Waals surface area contributed by atoms with E-state index in [4.69, 9.17) is 14.8 Å². The summed E-state index contributed by atoms with van der Waals surface area (Å²) >= 11 is 0. The van der Waals surface area contributed by atoms with Crippen molar-refractivity contribution in [2.75, 3.05) is 19.8 Å². The van der Waals surface area contributed by atoms with E-state index in [-0.39, 0.29) is 19.6 Å². The van der Waals surface area contributed by atoms with Crippen LogP contribution in [0.4, 0.5) is 0 Å². The van der Waals surface area contributed by atoms with Crippen molar-refractivity contribution in [3.8, 4) is 0 Å². The van der Waals surface area contributed by atoms with Gasteiger partial charge in [0.2, 0.25) is 5.91 Å². The van der Waals surface area contributed by atoms with E-state index in [2.05, 4.69) is 31.3 Å². The molecule has 0 rings (SSSR count). The van der Waals surface area contributed by atoms with Gasteiger partial charge < -0.3 is 26.2 Å². The summed E-state index contributed by atoms with van der Waals surface area (Å²) in [6.07, 6.45) is 25.6. The number of phosphoric acid groups is 1. The molecule has 0 radical (unpaired) electrons. The van der Waals surface area contributed by atoms with E-state index in [9.17, 15) is 24.5 Å². The molecule has 0 bridgehead atoms. The molecule has 0 aromatic rings. The first-order valence-corrected chi connectivity index (χ1v) is 18.0. The fraction of sp³-hybridized carbons (Fsp3) is 0.844. The Balaban J connectivity index is 4.59. The lowest BCUT2D eigenvalue weighted by atomic mass is 10.0. The zero-order valence-corrected chi connectivity index (χ0v) is 27.5. The summed E-state index contributed by atoms with van der Waals surface area (Å²) in [5, 5.41) is 23.7. The van der Waals surface area contributed by atoms with Crippen LogP contribution in [-0.2, 0) is 18.4 Å². The maximum absolute atomic E-state index is 12.6. The number of unbranched alkanes of at least 4 members (excludes halogenated alkanes) is 14. The van der Waals surface area contributed by atoms with Crippen molar-refractivity contribution in [2.24, 2.45) is 5.73 Å². The molecule has 42 heavy (non-hydrogen) atoms. The number of nitrogens with one attached hydrogen (secondary N) is 1. The summed E-state index contributed by atoms with van der Waals surface area (Å²) in [5.41, 5.74) is 5.32. The van der Waals surface area contributed by atoms with Crippen LogP contribution in [0.2, 0.25) is 0 Å². The van der Waals surface area contributed by atoms with Gasteiger partial charge >= 0.3 is 7.82 Å². The van der Waals surface area contributed by atoms with Crippen LogP contribution in [0.1, 0.15) is 136 Å². The number of phosphoric ester groups is 1. The van der Waals surface area contributed by atoms with Gasteiger partial charge in [0.05, 0.1) is 37.9 Å². The number of aliphatic hydroxyl groups is 2. The average Bonchev–Trinajstić information content (AvgIpc) is 2.96. The van der Waals surface area contributed by atoms with E-state index in [1.807, 2.05) is 6.08 Å². The fourth-order valence-corrected chi connectivity index (χ4v) is 5.27. The van der Waals surface area contributed by atoms with Gasteiger partial charge in [0, 0.05) is 6.54 Å². The van der Waals surface area contributed by atoms with Gasteiger partial charge in [0.25, 0.3) is 0 Å². The maximum atomic E-state index is 12.6. The standard InChI is InChI=1S/C32H63N2O7P/c1-3-5-7-9-11-13-14-15-16-18-20-22-24-31(36)30(28-41-42(38,39)40-26-25-33)34-32(37)27-29(35)23-21-19-17-12-10-8-6-4-2/h10,12,22,24,29-31,35-36H,3-9,11,13-21,23,25-28,33H2,1-2H3,(H,34,37)(H,38,39)/b12-10-,24-22+. The lowest BCUT2D eigenvalue weighted by Gasteiger charge is -2.24. The van der Waals surface area contributed by atoms with E-state index in [0.29, 0.717) is 6.42 Å². The van der Waals surface area contributed by atoms with Crippen LogP contribution in [0.3, 0.4) is 0 Å². The highest BCUT2D eigenvalue weighted by Crippen LogP contribution is 2.43. The van der Waals surface area contributed by atoms with Gasteiger partial charge in [-0.15, -0.1) is 0 Å². The molecule has 10 heteroatoms. The highest BCUT2D eigenvalue weighted by molar-refractivity contribution is 7.47. The smallest absolute Gasteiger partial charge is 0.393 e. The van der Waals surface area contributed by atoms with E-state index in [1.165, 1.54) is 64.2 Å². The third kappa shape index (κ3) is 26.6. The first kappa shape index (κ1) is 40.9. The van der Waals surface area contributed by atoms with Crippen LogP contribution in [0.15, 0.2) is 24.3 Å². The fourth-order valence-electron chi connectivity index (χ4n) is 4.51. The number of carbonyl (C=O) groups is 1. The van der Waals surface area contributed by atoms with Crippen LogP contribution >= 0.6 is 7.82 Å². The quantitative estimate of drug-likeness (QED) is 0.0333. The lowest BCUT2D eigenvalue weighted by Crippen LogP contribution is -2.46. The van der Waals surface area contributed by atoms with Crippen LogP contribution in [0, 0.1) is 0 Å². The summed E-state index contributed by atoms with van der Waals surface area (Å²) in [5.74, 6) is -0.464. The maximum Gasteiger partial charge on any atom is 0.472 e. The molecule has 0 saturated heterocycles. The van der Waals surface area contributed by atoms with Gasteiger partial charge in [-0.05, 0) is 38.5 Å². The van der Waals surface area contributed by atoms with Crippen molar-refractivity contribution >= 4 is 13.7 Å². The van der Waals surface area contributed by atoms with E-state index in [0.717, 1.165) is 44.9 Å². The predicted molar refractivity (Wildman–Crippen MR) is 172 cm³/mol. The molecule has 0 heterocycles. The zero-order chi connectivity index (χ0) is 31.3. The highest BCUT2D eigenvalue weighted by Gasteiger charge is 2.27. The average molecular weight is 619 g/mol. The molecule has 0 fully saturated rings. The number of hydrogen-bond acceptors (Lipinski definition) is 7. The second-order valence-electron chi connectivity index (χ2n) is 11.2. The molecule has 6 N–H and O–H groups in total. The third-order valence-electron chi connectivity index (χ3n) is 7.08. The van der Waals surface area contributed by atoms with Gasteiger partial charge in [0.1, 0.15) is 0 Å². The normalized spacial score (nSPS) is 15.7. The first-order chi connectivity index (χ1) is 20.3. The van der Waals surface area contributed by atoms with E-state index < -0.39 is 38.6 Å². The van der Waals surface area contributed by atoms with Crippen LogP contribution in [0.25, 0.3) is 0 Å². The molecule has 0 aliphatic rings. The van der Waals surface area contributed by atoms with E-state index >= 15 is 0 Å². The molecule has 1 amide bonds. The Kier molecular flexibility index (Phi) is 28.0. The Morgan fingerprint density at radius 1 is 0.810 bits per heavy atom. The van der Waals surface area contributed by atoms with Crippen molar-refractivity contribution in [3.63, 3.8) is 0 Å². The number of carbonyl (C=O) groups excluding carboxylic acids is 1. The number of nitrogens with two attached hydrogens (primary N) is 1. The first-order valence-electron chi connectivity index (χ1n) is 16.5. The molecular formula is C32H63N2O7P. The molecule has 248 valence electrons. The van der Waals surface area contributed by atoms with Gasteiger partial charge in [0.15, 0.2) is 0 Å². The van der Waals surface area contributed by atoms with Crippen LogP contribution in [-0.4, -0.2) is 59.0 Å². The SMILES string of the molecule is CCCC/C=C\CCCCC(O)CC(=O)NC(COP(=O)(O)OCCN)C(O)/C=C/CCCCCCCCCCCC. The highest BCUT2D eigenvalue weighted by atomic mass is 31.2. The minimum Gasteiger partial charge on any atom is -0.393 e. The Hall–Kier alpha value is -1.06. The molecule has 0 aromatic heterocycles. The minimum absolute atomic E-state index is 0.0471. The lowest BCUT2D eigenvalue weighted by molar-refractivity contribution is -0.124. The molecule has 0 aliphatic heterocycles. The van der Waals surface area contributed by atoms with Gasteiger partial charge in [-0.3, -0.25) is 13.8 Å². The van der Waals surface area contributed by atoms with Crippen molar-refractivity contribution in [2.45, 2.75) is 154 Å². The summed E-state index contributed by atoms with van der Waals surface area (Å²) in [6, 6.07) is -0.983.